The molecule has 4 nitrogen and oxygen atoms in total. The number of anilines is 2. The number of fused-ring (bicyclic) bond motifs is 1. The number of thiazole rings is 1. The molecule has 0 fully saturated rings. The van der Waals surface area contributed by atoms with Gasteiger partial charge in [-0.2, -0.15) is 0 Å². The average molecular weight is 287 g/mol. The Bertz CT molecular complexity index is 650. The second-order valence-corrected chi connectivity index (χ2v) is 5.80. The minimum atomic E-state index is 0.153. The number of carbonyl (C=O) groups is 1. The van der Waals surface area contributed by atoms with Gasteiger partial charge in [0.15, 0.2) is 5.13 Å². The lowest BCUT2D eigenvalue weighted by Gasteiger charge is -2.09. The van der Waals surface area contributed by atoms with Crippen molar-refractivity contribution in [2.75, 3.05) is 23.8 Å². The van der Waals surface area contributed by atoms with Crippen LogP contribution in [0.4, 0.5) is 10.8 Å². The summed E-state index contributed by atoms with van der Waals surface area (Å²) in [6, 6.07) is 6.12. The number of likely N-dealkylation sites (N-methyl/N-ethyl adjacent to an activating group) is 1. The fourth-order valence-electron chi connectivity index (χ4n) is 2.35. The number of rotatable bonds is 4. The molecule has 0 radical (unpaired) electrons. The van der Waals surface area contributed by atoms with Gasteiger partial charge in [0.05, 0.1) is 12.1 Å². The molecule has 0 bridgehead atoms. The molecule has 1 aliphatic heterocycles. The van der Waals surface area contributed by atoms with Crippen molar-refractivity contribution in [1.29, 1.82) is 0 Å². The monoisotopic (exact) mass is 287 g/mol. The smallest absolute Gasteiger partial charge is 0.231 e. The number of nitrogens with zero attached hydrogens (tertiary/aromatic N) is 2. The van der Waals surface area contributed by atoms with Gasteiger partial charge in [0.25, 0.3) is 0 Å². The van der Waals surface area contributed by atoms with Gasteiger partial charge < -0.3 is 10.2 Å². The number of amides is 1. The van der Waals surface area contributed by atoms with E-state index in [1.807, 2.05) is 19.2 Å². The minimum Gasteiger partial charge on any atom is -0.362 e. The number of nitrogens with one attached hydrogen (secondary N) is 1. The molecular formula is C15H17N3OS. The number of aromatic nitrogens is 1. The lowest BCUT2D eigenvalue weighted by atomic mass is 10.1. The number of hydrogen-bond donors (Lipinski definition) is 1. The third-order valence-corrected chi connectivity index (χ3v) is 4.28. The summed E-state index contributed by atoms with van der Waals surface area (Å²) in [6.07, 6.45) is 1.58. The van der Waals surface area contributed by atoms with Gasteiger partial charge >= 0.3 is 0 Å². The zero-order valence-corrected chi connectivity index (χ0v) is 12.5. The van der Waals surface area contributed by atoms with Crippen LogP contribution in [0.1, 0.15) is 18.9 Å². The first-order valence-electron chi connectivity index (χ1n) is 6.78. The summed E-state index contributed by atoms with van der Waals surface area (Å²) < 4.78 is 0. The Morgan fingerprint density at radius 1 is 1.45 bits per heavy atom. The third kappa shape index (κ3) is 2.29. The third-order valence-electron chi connectivity index (χ3n) is 3.48. The molecule has 1 N–H and O–H groups in total. The van der Waals surface area contributed by atoms with E-state index in [0.717, 1.165) is 40.6 Å². The normalized spacial score (nSPS) is 13.7. The average Bonchev–Trinajstić information content (AvgIpc) is 3.02. The molecule has 1 amide bonds. The van der Waals surface area contributed by atoms with Gasteiger partial charge in [-0.1, -0.05) is 13.0 Å². The van der Waals surface area contributed by atoms with Crippen LogP contribution in [0, 0.1) is 0 Å². The summed E-state index contributed by atoms with van der Waals surface area (Å²) in [4.78, 5) is 18.0. The van der Waals surface area contributed by atoms with Gasteiger partial charge in [-0.3, -0.25) is 4.79 Å². The molecule has 1 aromatic heterocycles. The minimum absolute atomic E-state index is 0.153. The van der Waals surface area contributed by atoms with Gasteiger partial charge in [0, 0.05) is 30.2 Å². The summed E-state index contributed by atoms with van der Waals surface area (Å²) in [5.74, 6) is 0.153. The van der Waals surface area contributed by atoms with Crippen LogP contribution in [-0.2, 0) is 11.2 Å². The van der Waals surface area contributed by atoms with Crippen LogP contribution in [0.3, 0.4) is 0 Å². The molecule has 0 saturated heterocycles. The molecule has 1 aliphatic rings. The Hall–Kier alpha value is -1.88. The molecule has 2 aromatic rings. The maximum Gasteiger partial charge on any atom is 0.231 e. The Labute approximate surface area is 122 Å². The standard InChI is InChI=1S/C15H17N3OS/c1-3-6-16-15-17-12(9-20-15)10-4-5-13-11(7-10)8-14(19)18(13)2/h4-5,7,9H,3,6,8H2,1-2H3,(H,16,17). The van der Waals surface area contributed by atoms with Gasteiger partial charge in [0.1, 0.15) is 0 Å². The fraction of sp³-hybridized carbons (Fsp3) is 0.333. The molecule has 3 rings (SSSR count). The first kappa shape index (κ1) is 13.1. The molecule has 0 aliphatic carbocycles. The summed E-state index contributed by atoms with van der Waals surface area (Å²) in [5.41, 5.74) is 4.15. The fourth-order valence-corrected chi connectivity index (χ4v) is 3.10. The maximum absolute atomic E-state index is 11.7. The molecule has 0 saturated carbocycles. The van der Waals surface area contributed by atoms with E-state index in [1.54, 1.807) is 16.2 Å². The number of carbonyl (C=O) groups excluding carboxylic acids is 1. The summed E-state index contributed by atoms with van der Waals surface area (Å²) in [5, 5.41) is 6.31. The Kier molecular flexibility index (Phi) is 3.44. The zero-order valence-electron chi connectivity index (χ0n) is 11.6. The highest BCUT2D eigenvalue weighted by Crippen LogP contribution is 2.33. The van der Waals surface area contributed by atoms with E-state index >= 15 is 0 Å². The van der Waals surface area contributed by atoms with Crippen molar-refractivity contribution in [1.82, 2.24) is 4.98 Å². The Morgan fingerprint density at radius 3 is 3.10 bits per heavy atom. The summed E-state index contributed by atoms with van der Waals surface area (Å²) in [7, 11) is 1.82. The predicted octanol–water partition coefficient (Wildman–Crippen LogP) is 3.15. The Morgan fingerprint density at radius 2 is 2.30 bits per heavy atom. The molecule has 0 spiro atoms. The van der Waals surface area contributed by atoms with Crippen LogP contribution < -0.4 is 10.2 Å². The number of benzene rings is 1. The van der Waals surface area contributed by atoms with Crippen LogP contribution in [0.2, 0.25) is 0 Å². The van der Waals surface area contributed by atoms with Crippen molar-refractivity contribution in [3.63, 3.8) is 0 Å². The van der Waals surface area contributed by atoms with E-state index in [0.29, 0.717) is 6.42 Å². The van der Waals surface area contributed by atoms with E-state index in [4.69, 9.17) is 0 Å². The predicted molar refractivity (Wildman–Crippen MR) is 83.4 cm³/mol. The van der Waals surface area contributed by atoms with Gasteiger partial charge in [-0.25, -0.2) is 4.98 Å². The largest absolute Gasteiger partial charge is 0.362 e. The molecule has 0 atom stereocenters. The van der Waals surface area contributed by atoms with Crippen molar-refractivity contribution in [2.24, 2.45) is 0 Å². The van der Waals surface area contributed by atoms with Gasteiger partial charge in [0.2, 0.25) is 5.91 Å². The molecule has 20 heavy (non-hydrogen) atoms. The molecule has 104 valence electrons. The molecular weight excluding hydrogens is 270 g/mol. The molecule has 5 heteroatoms. The summed E-state index contributed by atoms with van der Waals surface area (Å²) >= 11 is 1.62. The van der Waals surface area contributed by atoms with Gasteiger partial charge in [-0.15, -0.1) is 11.3 Å². The SMILES string of the molecule is CCCNc1nc(-c2ccc3c(c2)CC(=O)N3C)cs1. The van der Waals surface area contributed by atoms with Crippen LogP contribution in [-0.4, -0.2) is 24.5 Å². The van der Waals surface area contributed by atoms with E-state index in [1.165, 1.54) is 0 Å². The van der Waals surface area contributed by atoms with Crippen LogP contribution in [0.5, 0.6) is 0 Å². The van der Waals surface area contributed by atoms with Gasteiger partial charge in [-0.05, 0) is 24.1 Å². The highest BCUT2D eigenvalue weighted by Gasteiger charge is 2.24. The lowest BCUT2D eigenvalue weighted by Crippen LogP contribution is -2.20. The van der Waals surface area contributed by atoms with E-state index < -0.39 is 0 Å². The topological polar surface area (TPSA) is 45.2 Å². The first-order chi connectivity index (χ1) is 9.69. The van der Waals surface area contributed by atoms with E-state index in [-0.39, 0.29) is 5.91 Å². The maximum atomic E-state index is 11.7. The molecule has 0 unspecified atom stereocenters. The van der Waals surface area contributed by atoms with E-state index in [2.05, 4.69) is 28.7 Å². The van der Waals surface area contributed by atoms with Crippen molar-refractivity contribution in [3.8, 4) is 11.3 Å². The lowest BCUT2D eigenvalue weighted by molar-refractivity contribution is -0.117. The highest BCUT2D eigenvalue weighted by molar-refractivity contribution is 7.14. The van der Waals surface area contributed by atoms with Crippen molar-refractivity contribution in [3.05, 3.63) is 29.1 Å². The van der Waals surface area contributed by atoms with Crippen molar-refractivity contribution < 1.29 is 4.79 Å². The van der Waals surface area contributed by atoms with Crippen LogP contribution in [0.25, 0.3) is 11.3 Å². The quantitative estimate of drug-likeness (QED) is 0.939. The number of hydrogen-bond acceptors (Lipinski definition) is 4. The second-order valence-electron chi connectivity index (χ2n) is 4.94. The van der Waals surface area contributed by atoms with Crippen molar-refractivity contribution >= 4 is 28.1 Å². The summed E-state index contributed by atoms with van der Waals surface area (Å²) in [6.45, 7) is 3.08. The Balaban J connectivity index is 1.87. The highest BCUT2D eigenvalue weighted by atomic mass is 32.1. The molecule has 1 aromatic carbocycles. The molecule has 2 heterocycles. The van der Waals surface area contributed by atoms with Crippen molar-refractivity contribution in [2.45, 2.75) is 19.8 Å². The van der Waals surface area contributed by atoms with Crippen LogP contribution in [0.15, 0.2) is 23.6 Å². The second kappa shape index (κ2) is 5.25. The van der Waals surface area contributed by atoms with Crippen LogP contribution >= 0.6 is 11.3 Å². The first-order valence-corrected chi connectivity index (χ1v) is 7.66. The zero-order chi connectivity index (χ0) is 14.1. The van der Waals surface area contributed by atoms with E-state index in [9.17, 15) is 4.79 Å².